The van der Waals surface area contributed by atoms with Gasteiger partial charge in [-0.3, -0.25) is 0 Å². The zero-order valence-corrected chi connectivity index (χ0v) is 6.17. The second-order valence-corrected chi connectivity index (χ2v) is 0. The quantitative estimate of drug-likeness (QED) is 0.521. The molecule has 0 aliphatic rings. The van der Waals surface area contributed by atoms with Gasteiger partial charge in [-0.15, -0.1) is 0 Å². The van der Waals surface area contributed by atoms with Gasteiger partial charge >= 0.3 is 0 Å². The summed E-state index contributed by atoms with van der Waals surface area (Å²) < 4.78 is 0. The molecule has 0 rings (SSSR count). The third-order valence-electron chi connectivity index (χ3n) is 0. The van der Waals surface area contributed by atoms with Crippen molar-refractivity contribution >= 4 is 17.4 Å². The molecule has 0 aliphatic carbocycles. The maximum absolute atomic E-state index is 0. The van der Waals surface area contributed by atoms with Gasteiger partial charge in [-0.25, -0.2) is 0 Å². The molecule has 0 aromatic rings. The fourth-order valence-corrected chi connectivity index (χ4v) is 0. The molecule has 3 N–H and O–H groups in total. The summed E-state index contributed by atoms with van der Waals surface area (Å²) in [5.74, 6) is 0. The molecule has 0 saturated carbocycles. The Morgan fingerprint density at radius 2 is 1.00 bits per heavy atom. The molecule has 1 radical (unpaired) electrons. The van der Waals surface area contributed by atoms with E-state index in [4.69, 9.17) is 0 Å². The Hall–Kier alpha value is 1.86. The zero-order chi connectivity index (χ0) is 0. The molecule has 0 bridgehead atoms. The second kappa shape index (κ2) is 21.0. The standard InChI is InChI=1S/Ag.Al.H3N.Zn.3H/h;;1H3;;;;. The van der Waals surface area contributed by atoms with Crippen molar-refractivity contribution in [1.82, 2.24) is 6.15 Å². The first-order valence-corrected chi connectivity index (χ1v) is 0. The van der Waals surface area contributed by atoms with Crippen LogP contribution in [0.5, 0.6) is 0 Å². The first-order valence-electron chi connectivity index (χ1n) is 0. The normalized spacial score (nSPS) is 0. The van der Waals surface area contributed by atoms with E-state index >= 15 is 0 Å². The molecular formula is H6AgAlNZn. The first-order chi connectivity index (χ1) is 0. The fraction of sp³-hybridized carbons (Fsp3) is 0. The van der Waals surface area contributed by atoms with Crippen LogP contribution in [0.4, 0.5) is 0 Å². The minimum absolute atomic E-state index is 0. The molecule has 27 valence electrons. The topological polar surface area (TPSA) is 35.0 Å². The Morgan fingerprint density at radius 1 is 1.00 bits per heavy atom. The van der Waals surface area contributed by atoms with Crippen molar-refractivity contribution < 1.29 is 41.9 Å². The Labute approximate surface area is 64.9 Å². The summed E-state index contributed by atoms with van der Waals surface area (Å²) in [4.78, 5) is 0. The van der Waals surface area contributed by atoms with E-state index in [0.717, 1.165) is 0 Å². The fourth-order valence-electron chi connectivity index (χ4n) is 0. The van der Waals surface area contributed by atoms with E-state index < -0.39 is 0 Å². The van der Waals surface area contributed by atoms with Crippen LogP contribution in [0.15, 0.2) is 0 Å². The second-order valence-electron chi connectivity index (χ2n) is 0. The predicted octanol–water partition coefficient (Wildman–Crippen LogP) is -1.03. The molecule has 0 amide bonds. The van der Waals surface area contributed by atoms with Crippen molar-refractivity contribution in [1.29, 1.82) is 0 Å². The zero-order valence-electron chi connectivity index (χ0n) is 1.72. The van der Waals surface area contributed by atoms with Crippen LogP contribution in [-0.2, 0) is 41.9 Å². The SMILES string of the molecule is N.[Ag].[AlH3].[Zn]. The molecule has 4 heteroatoms. The van der Waals surface area contributed by atoms with Crippen LogP contribution in [0.2, 0.25) is 0 Å². The maximum Gasteiger partial charge on any atom is 0.187 e. The van der Waals surface area contributed by atoms with E-state index in [0.29, 0.717) is 0 Å². The average Bonchev–Trinajstić information content (AvgIpc) is 0. The molecular weight excluding hydrogens is 214 g/mol. The molecule has 0 heterocycles. The van der Waals surface area contributed by atoms with Gasteiger partial charge in [0, 0.05) is 41.9 Å². The van der Waals surface area contributed by atoms with Crippen molar-refractivity contribution in [3.63, 3.8) is 0 Å². The summed E-state index contributed by atoms with van der Waals surface area (Å²) in [6, 6.07) is 0. The summed E-state index contributed by atoms with van der Waals surface area (Å²) >= 11 is 0. The number of hydrogen-bond acceptors (Lipinski definition) is 1. The van der Waals surface area contributed by atoms with Crippen LogP contribution in [-0.4, -0.2) is 17.4 Å². The molecule has 0 atom stereocenters. The van der Waals surface area contributed by atoms with E-state index in [1.807, 2.05) is 0 Å². The average molecular weight is 220 g/mol. The Kier molecular flexibility index (Phi) is 210. The molecule has 4 heavy (non-hydrogen) atoms. The smallest absolute Gasteiger partial charge is 0.187 e. The molecule has 0 aliphatic heterocycles. The Balaban J connectivity index is 0. The first kappa shape index (κ1) is 40.1. The van der Waals surface area contributed by atoms with Crippen LogP contribution in [0, 0.1) is 0 Å². The summed E-state index contributed by atoms with van der Waals surface area (Å²) in [5.41, 5.74) is 0. The monoisotopic (exact) mass is 218 g/mol. The van der Waals surface area contributed by atoms with Gasteiger partial charge in [-0.2, -0.15) is 0 Å². The molecule has 0 saturated heterocycles. The molecule has 0 aromatic carbocycles. The van der Waals surface area contributed by atoms with E-state index in [1.54, 1.807) is 0 Å². The molecule has 0 fully saturated rings. The third kappa shape index (κ3) is 9.13. The van der Waals surface area contributed by atoms with Crippen LogP contribution in [0.3, 0.4) is 0 Å². The van der Waals surface area contributed by atoms with Crippen LogP contribution < -0.4 is 6.15 Å². The van der Waals surface area contributed by atoms with Crippen molar-refractivity contribution in [2.45, 2.75) is 0 Å². The molecule has 1 nitrogen and oxygen atoms in total. The van der Waals surface area contributed by atoms with Crippen LogP contribution in [0.25, 0.3) is 0 Å². The van der Waals surface area contributed by atoms with Gasteiger partial charge in [-0.1, -0.05) is 0 Å². The number of hydrogen-bond donors (Lipinski definition) is 1. The van der Waals surface area contributed by atoms with Crippen LogP contribution >= 0.6 is 0 Å². The van der Waals surface area contributed by atoms with Crippen molar-refractivity contribution in [3.05, 3.63) is 0 Å². The Bertz CT molecular complexity index is 8.00. The third-order valence-corrected chi connectivity index (χ3v) is 0. The van der Waals surface area contributed by atoms with Crippen molar-refractivity contribution in [2.75, 3.05) is 0 Å². The van der Waals surface area contributed by atoms with E-state index in [2.05, 4.69) is 0 Å². The van der Waals surface area contributed by atoms with E-state index in [1.165, 1.54) is 0 Å². The van der Waals surface area contributed by atoms with Crippen molar-refractivity contribution in [2.24, 2.45) is 0 Å². The minimum Gasteiger partial charge on any atom is -0.344 e. The largest absolute Gasteiger partial charge is 0.344 e. The van der Waals surface area contributed by atoms with Gasteiger partial charge in [-0.05, 0) is 0 Å². The van der Waals surface area contributed by atoms with Crippen LogP contribution in [0.1, 0.15) is 0 Å². The van der Waals surface area contributed by atoms with Gasteiger partial charge < -0.3 is 6.15 Å². The van der Waals surface area contributed by atoms with Gasteiger partial charge in [0.1, 0.15) is 0 Å². The summed E-state index contributed by atoms with van der Waals surface area (Å²) in [6.07, 6.45) is 0. The summed E-state index contributed by atoms with van der Waals surface area (Å²) in [6.45, 7) is 0. The van der Waals surface area contributed by atoms with Crippen molar-refractivity contribution in [3.8, 4) is 0 Å². The number of rotatable bonds is 0. The summed E-state index contributed by atoms with van der Waals surface area (Å²) in [7, 11) is 0. The van der Waals surface area contributed by atoms with Gasteiger partial charge in [0.2, 0.25) is 0 Å². The summed E-state index contributed by atoms with van der Waals surface area (Å²) in [5, 5.41) is 0. The molecule has 0 unspecified atom stereocenters. The van der Waals surface area contributed by atoms with Gasteiger partial charge in [0.05, 0.1) is 0 Å². The van der Waals surface area contributed by atoms with E-state index in [9.17, 15) is 0 Å². The van der Waals surface area contributed by atoms with E-state index in [-0.39, 0.29) is 65.4 Å². The molecule has 0 aromatic heterocycles. The molecule has 0 spiro atoms. The van der Waals surface area contributed by atoms with Gasteiger partial charge in [0.25, 0.3) is 0 Å². The predicted molar refractivity (Wildman–Crippen MR) is 15.0 cm³/mol. The minimum atomic E-state index is 0. The van der Waals surface area contributed by atoms with Gasteiger partial charge in [0.15, 0.2) is 17.4 Å². The Morgan fingerprint density at radius 3 is 1.00 bits per heavy atom. The maximum atomic E-state index is 0.